The third kappa shape index (κ3) is 6.68. The van der Waals surface area contributed by atoms with E-state index in [0.29, 0.717) is 6.42 Å². The summed E-state index contributed by atoms with van der Waals surface area (Å²) in [4.78, 5) is 14.6. The Morgan fingerprint density at radius 2 is 1.34 bits per heavy atom. The molecule has 1 heterocycles. The van der Waals surface area contributed by atoms with Gasteiger partial charge in [-0.05, 0) is 47.4 Å². The molecule has 0 saturated carbocycles. The molecule has 0 N–H and O–H groups in total. The smallest absolute Gasteiger partial charge is 0.131 e. The molecule has 3 aromatic carbocycles. The molecule has 0 spiro atoms. The molecule has 0 aliphatic carbocycles. The van der Waals surface area contributed by atoms with Crippen LogP contribution in [0.25, 0.3) is 0 Å². The number of nitrogens with zero attached hydrogens (tertiary/aromatic N) is 1. The van der Waals surface area contributed by atoms with Crippen molar-refractivity contribution in [2.24, 2.45) is 0 Å². The molecule has 3 heteroatoms. The minimum atomic E-state index is -0.0630. The van der Waals surface area contributed by atoms with Crippen molar-refractivity contribution >= 4 is 5.78 Å². The Balaban J connectivity index is 1.46. The van der Waals surface area contributed by atoms with Crippen molar-refractivity contribution in [3.05, 3.63) is 107 Å². The molecule has 184 valence electrons. The first-order valence-corrected chi connectivity index (χ1v) is 12.9. The quantitative estimate of drug-likeness (QED) is 0.347. The van der Waals surface area contributed by atoms with Crippen LogP contribution in [0.3, 0.4) is 0 Å². The third-order valence-corrected chi connectivity index (χ3v) is 7.09. The number of hydrogen-bond donors (Lipinski definition) is 0. The molecule has 35 heavy (non-hydrogen) atoms. The SMILES string of the molecule is CC(=O)CC(c1ccc(C(C)(C)C)cc1)N1CCC(OC(c2ccccc2)c2ccccc2)CC1. The first-order chi connectivity index (χ1) is 16.8. The summed E-state index contributed by atoms with van der Waals surface area (Å²) in [5.74, 6) is 0.237. The Morgan fingerprint density at radius 1 is 0.829 bits per heavy atom. The second-order valence-corrected chi connectivity index (χ2v) is 10.9. The van der Waals surface area contributed by atoms with E-state index in [9.17, 15) is 4.79 Å². The van der Waals surface area contributed by atoms with Crippen molar-refractivity contribution in [2.75, 3.05) is 13.1 Å². The van der Waals surface area contributed by atoms with E-state index in [4.69, 9.17) is 4.74 Å². The van der Waals surface area contributed by atoms with Gasteiger partial charge in [0.25, 0.3) is 0 Å². The Kier molecular flexibility index (Phi) is 8.20. The summed E-state index contributed by atoms with van der Waals surface area (Å²) in [6.07, 6.45) is 2.61. The average molecular weight is 470 g/mol. The Bertz CT molecular complexity index is 1020. The van der Waals surface area contributed by atoms with Crippen LogP contribution in [0.4, 0.5) is 0 Å². The highest BCUT2D eigenvalue weighted by molar-refractivity contribution is 5.76. The first kappa shape index (κ1) is 25.3. The van der Waals surface area contributed by atoms with E-state index >= 15 is 0 Å². The van der Waals surface area contributed by atoms with E-state index in [2.05, 4.69) is 98.5 Å². The zero-order chi connectivity index (χ0) is 24.8. The summed E-state index contributed by atoms with van der Waals surface area (Å²) >= 11 is 0. The summed E-state index contributed by atoms with van der Waals surface area (Å²) in [6.45, 7) is 10.3. The molecule has 1 fully saturated rings. The van der Waals surface area contributed by atoms with Gasteiger partial charge in [-0.1, -0.05) is 106 Å². The van der Waals surface area contributed by atoms with Crippen LogP contribution < -0.4 is 0 Å². The summed E-state index contributed by atoms with van der Waals surface area (Å²) in [5.41, 5.74) is 5.06. The van der Waals surface area contributed by atoms with Gasteiger partial charge in [0.05, 0.1) is 6.10 Å². The standard InChI is InChI=1S/C32H39NO2/c1-24(34)23-30(25-15-17-28(18-16-25)32(2,3)4)33-21-19-29(20-22-33)35-31(26-11-7-5-8-12-26)27-13-9-6-10-14-27/h5-18,29-31H,19-23H2,1-4H3. The molecule has 0 aromatic heterocycles. The number of ketones is 1. The molecule has 0 bridgehead atoms. The molecule has 1 atom stereocenters. The van der Waals surface area contributed by atoms with Crippen LogP contribution in [-0.2, 0) is 14.9 Å². The maximum absolute atomic E-state index is 12.2. The number of likely N-dealkylation sites (tertiary alicyclic amines) is 1. The van der Waals surface area contributed by atoms with Gasteiger partial charge in [0.15, 0.2) is 0 Å². The normalized spacial score (nSPS) is 16.4. The zero-order valence-corrected chi connectivity index (χ0v) is 21.6. The van der Waals surface area contributed by atoms with Gasteiger partial charge in [0, 0.05) is 25.6 Å². The Morgan fingerprint density at radius 3 is 1.80 bits per heavy atom. The van der Waals surface area contributed by atoms with Gasteiger partial charge in [-0.15, -0.1) is 0 Å². The molecule has 0 radical (unpaired) electrons. The highest BCUT2D eigenvalue weighted by Crippen LogP contribution is 2.34. The highest BCUT2D eigenvalue weighted by Gasteiger charge is 2.29. The maximum Gasteiger partial charge on any atom is 0.131 e. The minimum Gasteiger partial charge on any atom is -0.365 e. The fourth-order valence-corrected chi connectivity index (χ4v) is 5.06. The van der Waals surface area contributed by atoms with Crippen molar-refractivity contribution in [2.45, 2.75) is 70.6 Å². The van der Waals surface area contributed by atoms with Crippen LogP contribution >= 0.6 is 0 Å². The summed E-state index contributed by atoms with van der Waals surface area (Å²) in [7, 11) is 0. The number of carbonyl (C=O) groups excluding carboxylic acids is 1. The van der Waals surface area contributed by atoms with Gasteiger partial charge in [-0.2, -0.15) is 0 Å². The summed E-state index contributed by atoms with van der Waals surface area (Å²) < 4.78 is 6.74. The number of carbonyl (C=O) groups is 1. The van der Waals surface area contributed by atoms with Crippen LogP contribution in [0.15, 0.2) is 84.9 Å². The zero-order valence-electron chi connectivity index (χ0n) is 21.6. The predicted octanol–water partition coefficient (Wildman–Crippen LogP) is 7.27. The lowest BCUT2D eigenvalue weighted by Gasteiger charge is -2.38. The van der Waals surface area contributed by atoms with Crippen LogP contribution in [0.5, 0.6) is 0 Å². The average Bonchev–Trinajstić information content (AvgIpc) is 2.87. The van der Waals surface area contributed by atoms with Crippen molar-refractivity contribution in [1.29, 1.82) is 0 Å². The Hall–Kier alpha value is -2.75. The number of rotatable bonds is 8. The number of Topliss-reactive ketones (excluding diaryl/α,β-unsaturated/α-hetero) is 1. The van der Waals surface area contributed by atoms with Crippen molar-refractivity contribution in [3.8, 4) is 0 Å². The lowest BCUT2D eigenvalue weighted by Crippen LogP contribution is -2.40. The van der Waals surface area contributed by atoms with Gasteiger partial charge in [-0.25, -0.2) is 0 Å². The van der Waals surface area contributed by atoms with Crippen LogP contribution in [0.2, 0.25) is 0 Å². The van der Waals surface area contributed by atoms with E-state index < -0.39 is 0 Å². The molecule has 3 nitrogen and oxygen atoms in total. The third-order valence-electron chi connectivity index (χ3n) is 7.09. The molecular formula is C32H39NO2. The fourth-order valence-electron chi connectivity index (χ4n) is 5.06. The number of benzene rings is 3. The van der Waals surface area contributed by atoms with E-state index in [-0.39, 0.29) is 29.4 Å². The van der Waals surface area contributed by atoms with Crippen molar-refractivity contribution < 1.29 is 9.53 Å². The molecule has 1 aliphatic rings. The number of piperidine rings is 1. The largest absolute Gasteiger partial charge is 0.365 e. The molecule has 4 rings (SSSR count). The van der Waals surface area contributed by atoms with Crippen molar-refractivity contribution in [3.63, 3.8) is 0 Å². The molecule has 1 aliphatic heterocycles. The molecule has 0 amide bonds. The van der Waals surface area contributed by atoms with Crippen LogP contribution in [0, 0.1) is 0 Å². The molecule has 3 aromatic rings. The minimum absolute atomic E-state index is 0.0630. The highest BCUT2D eigenvalue weighted by atomic mass is 16.5. The van der Waals surface area contributed by atoms with E-state index in [1.54, 1.807) is 6.92 Å². The van der Waals surface area contributed by atoms with Gasteiger partial charge in [0.1, 0.15) is 11.9 Å². The van der Waals surface area contributed by atoms with E-state index in [0.717, 1.165) is 25.9 Å². The fraction of sp³-hybridized carbons (Fsp3) is 0.406. The van der Waals surface area contributed by atoms with Crippen LogP contribution in [-0.4, -0.2) is 29.9 Å². The van der Waals surface area contributed by atoms with Gasteiger partial charge >= 0.3 is 0 Å². The van der Waals surface area contributed by atoms with Gasteiger partial charge in [0.2, 0.25) is 0 Å². The number of ether oxygens (including phenoxy) is 1. The summed E-state index contributed by atoms with van der Waals surface area (Å²) in [5, 5.41) is 0. The summed E-state index contributed by atoms with van der Waals surface area (Å²) in [6, 6.07) is 30.0. The van der Waals surface area contributed by atoms with Crippen molar-refractivity contribution in [1.82, 2.24) is 4.90 Å². The number of hydrogen-bond acceptors (Lipinski definition) is 3. The molecule has 1 saturated heterocycles. The van der Waals surface area contributed by atoms with Gasteiger partial charge < -0.3 is 4.74 Å². The Labute approximate surface area is 211 Å². The predicted molar refractivity (Wildman–Crippen MR) is 144 cm³/mol. The lowest BCUT2D eigenvalue weighted by atomic mass is 9.85. The lowest BCUT2D eigenvalue weighted by molar-refractivity contribution is -0.118. The second-order valence-electron chi connectivity index (χ2n) is 10.9. The first-order valence-electron chi connectivity index (χ1n) is 12.9. The monoisotopic (exact) mass is 469 g/mol. The van der Waals surface area contributed by atoms with E-state index in [1.807, 2.05) is 12.1 Å². The van der Waals surface area contributed by atoms with E-state index in [1.165, 1.54) is 22.3 Å². The molecule has 1 unspecified atom stereocenters. The topological polar surface area (TPSA) is 29.5 Å². The van der Waals surface area contributed by atoms with Gasteiger partial charge in [-0.3, -0.25) is 9.69 Å². The molecular weight excluding hydrogens is 430 g/mol. The maximum atomic E-state index is 12.2. The van der Waals surface area contributed by atoms with Crippen LogP contribution in [0.1, 0.15) is 81.4 Å². The second kappa shape index (κ2) is 11.3.